The Balaban J connectivity index is 1.85. The minimum absolute atomic E-state index is 0.0678. The molecule has 0 aliphatic carbocycles. The van der Waals surface area contributed by atoms with Crippen LogP contribution in [-0.4, -0.2) is 10.5 Å². The molecule has 0 radical (unpaired) electrons. The summed E-state index contributed by atoms with van der Waals surface area (Å²) >= 11 is 0. The van der Waals surface area contributed by atoms with Gasteiger partial charge in [0, 0.05) is 30.1 Å². The Morgan fingerprint density at radius 2 is 1.75 bits per heavy atom. The first-order valence-electron chi connectivity index (χ1n) is 8.01. The Morgan fingerprint density at radius 1 is 1.00 bits per heavy atom. The van der Waals surface area contributed by atoms with Crippen molar-refractivity contribution < 1.29 is 4.79 Å². The summed E-state index contributed by atoms with van der Waals surface area (Å²) in [7, 11) is 0. The average Bonchev–Trinajstić information content (AvgIpc) is 2.56. The molecule has 0 aliphatic rings. The van der Waals surface area contributed by atoms with E-state index in [0.717, 1.165) is 27.7 Å². The maximum atomic E-state index is 12.4. The highest BCUT2D eigenvalue weighted by Gasteiger charge is 2.10. The number of hydrogen-bond acceptors (Lipinski definition) is 2. The van der Waals surface area contributed by atoms with Crippen molar-refractivity contribution in [2.24, 2.45) is 0 Å². The van der Waals surface area contributed by atoms with Crippen LogP contribution in [-0.2, 0) is 11.3 Å². The average molecular weight is 320 g/mol. The first kappa shape index (κ1) is 16.0. The lowest BCUT2D eigenvalue weighted by molar-refractivity contribution is -0.116. The molecule has 0 unspecified atom stereocenters. The molecule has 4 heteroatoms. The normalized spacial score (nSPS) is 10.8. The van der Waals surface area contributed by atoms with Gasteiger partial charge in [-0.1, -0.05) is 36.4 Å². The first-order valence-corrected chi connectivity index (χ1v) is 8.01. The number of para-hydroxylation sites is 2. The van der Waals surface area contributed by atoms with Gasteiger partial charge in [-0.15, -0.1) is 0 Å². The smallest absolute Gasteiger partial charge is 0.251 e. The Bertz CT molecular complexity index is 943. The third-order valence-corrected chi connectivity index (χ3v) is 4.16. The van der Waals surface area contributed by atoms with Gasteiger partial charge in [-0.3, -0.25) is 9.59 Å². The molecule has 0 saturated carbocycles. The number of nitrogens with zero attached hydrogens (tertiary/aromatic N) is 1. The molecule has 1 amide bonds. The molecule has 122 valence electrons. The number of amides is 1. The van der Waals surface area contributed by atoms with Gasteiger partial charge in [-0.2, -0.15) is 0 Å². The number of fused-ring (bicyclic) bond motifs is 1. The molecule has 24 heavy (non-hydrogen) atoms. The molecule has 0 atom stereocenters. The fraction of sp³-hybridized carbons (Fsp3) is 0.200. The Kier molecular flexibility index (Phi) is 4.47. The van der Waals surface area contributed by atoms with Gasteiger partial charge >= 0.3 is 0 Å². The highest BCUT2D eigenvalue weighted by atomic mass is 16.1. The van der Waals surface area contributed by atoms with E-state index in [9.17, 15) is 9.59 Å². The molecule has 0 bridgehead atoms. The van der Waals surface area contributed by atoms with Crippen molar-refractivity contribution in [2.45, 2.75) is 26.8 Å². The highest BCUT2D eigenvalue weighted by molar-refractivity contribution is 5.91. The van der Waals surface area contributed by atoms with Crippen molar-refractivity contribution in [1.29, 1.82) is 0 Å². The van der Waals surface area contributed by atoms with E-state index in [-0.39, 0.29) is 17.9 Å². The lowest BCUT2D eigenvalue weighted by atomic mass is 10.1. The molecule has 0 fully saturated rings. The lowest BCUT2D eigenvalue weighted by Gasteiger charge is -2.14. The topological polar surface area (TPSA) is 51.1 Å². The van der Waals surface area contributed by atoms with Crippen molar-refractivity contribution in [1.82, 2.24) is 4.57 Å². The zero-order valence-electron chi connectivity index (χ0n) is 13.9. The second kappa shape index (κ2) is 6.71. The van der Waals surface area contributed by atoms with E-state index in [0.29, 0.717) is 6.54 Å². The maximum absolute atomic E-state index is 12.4. The number of anilines is 1. The maximum Gasteiger partial charge on any atom is 0.251 e. The lowest BCUT2D eigenvalue weighted by Crippen LogP contribution is -2.24. The van der Waals surface area contributed by atoms with Crippen molar-refractivity contribution in [3.8, 4) is 0 Å². The first-order chi connectivity index (χ1) is 11.6. The summed E-state index contributed by atoms with van der Waals surface area (Å²) < 4.78 is 1.70. The molecule has 0 aliphatic heterocycles. The van der Waals surface area contributed by atoms with Crippen LogP contribution in [0.25, 0.3) is 10.9 Å². The molecule has 1 N–H and O–H groups in total. The molecular formula is C20H20N2O2. The van der Waals surface area contributed by atoms with Crippen molar-refractivity contribution >= 4 is 22.5 Å². The van der Waals surface area contributed by atoms with E-state index >= 15 is 0 Å². The molecule has 1 heterocycles. The summed E-state index contributed by atoms with van der Waals surface area (Å²) in [6.45, 7) is 4.29. The summed E-state index contributed by atoms with van der Waals surface area (Å²) in [5.74, 6) is -0.101. The fourth-order valence-electron chi connectivity index (χ4n) is 2.97. The Morgan fingerprint density at radius 3 is 2.50 bits per heavy atom. The number of carbonyl (C=O) groups is 1. The van der Waals surface area contributed by atoms with Gasteiger partial charge in [-0.25, -0.2) is 0 Å². The van der Waals surface area contributed by atoms with Crippen LogP contribution < -0.4 is 10.9 Å². The van der Waals surface area contributed by atoms with Crippen LogP contribution in [0, 0.1) is 13.8 Å². The molecule has 3 rings (SSSR count). The second-order valence-corrected chi connectivity index (χ2v) is 5.95. The quantitative estimate of drug-likeness (QED) is 0.798. The molecular weight excluding hydrogens is 300 g/mol. The van der Waals surface area contributed by atoms with Gasteiger partial charge in [-0.05, 0) is 37.1 Å². The number of pyridine rings is 1. The number of aromatic nitrogens is 1. The third kappa shape index (κ3) is 3.23. The van der Waals surface area contributed by atoms with Crippen LogP contribution in [0.3, 0.4) is 0 Å². The second-order valence-electron chi connectivity index (χ2n) is 5.95. The molecule has 1 aromatic heterocycles. The zero-order chi connectivity index (χ0) is 17.1. The summed E-state index contributed by atoms with van der Waals surface area (Å²) in [6, 6.07) is 17.0. The van der Waals surface area contributed by atoms with E-state index in [1.165, 1.54) is 0 Å². The van der Waals surface area contributed by atoms with Gasteiger partial charge in [0.05, 0.1) is 5.52 Å². The largest absolute Gasteiger partial charge is 0.326 e. The van der Waals surface area contributed by atoms with Gasteiger partial charge in [0.15, 0.2) is 0 Å². The standard InChI is InChI=1S/C20H20N2O2/c1-14-7-6-10-17-15(2)13-19(24)22(20(14)17)12-11-18(23)21-16-8-4-3-5-9-16/h3-10,13H,11-12H2,1-2H3,(H,21,23). The minimum atomic E-state index is -0.101. The van der Waals surface area contributed by atoms with Gasteiger partial charge < -0.3 is 9.88 Å². The summed E-state index contributed by atoms with van der Waals surface area (Å²) in [5, 5.41) is 3.91. The minimum Gasteiger partial charge on any atom is -0.326 e. The monoisotopic (exact) mass is 320 g/mol. The summed E-state index contributed by atoms with van der Waals surface area (Å²) in [5.41, 5.74) is 3.61. The predicted molar refractivity (Wildman–Crippen MR) is 97.4 cm³/mol. The van der Waals surface area contributed by atoms with Crippen LogP contribution >= 0.6 is 0 Å². The molecule has 2 aromatic carbocycles. The number of benzene rings is 2. The SMILES string of the molecule is Cc1cc(=O)n(CCC(=O)Nc2ccccc2)c2c(C)cccc12. The number of nitrogens with one attached hydrogen (secondary N) is 1. The molecule has 0 spiro atoms. The zero-order valence-corrected chi connectivity index (χ0v) is 13.9. The van der Waals surface area contributed by atoms with E-state index in [1.807, 2.05) is 62.4 Å². The van der Waals surface area contributed by atoms with Crippen molar-refractivity contribution in [3.63, 3.8) is 0 Å². The molecule has 4 nitrogen and oxygen atoms in total. The highest BCUT2D eigenvalue weighted by Crippen LogP contribution is 2.20. The molecule has 0 saturated heterocycles. The van der Waals surface area contributed by atoms with Crippen LogP contribution in [0.4, 0.5) is 5.69 Å². The van der Waals surface area contributed by atoms with E-state index < -0.39 is 0 Å². The van der Waals surface area contributed by atoms with Crippen LogP contribution in [0.1, 0.15) is 17.5 Å². The third-order valence-electron chi connectivity index (χ3n) is 4.16. The Labute approximate surface area is 140 Å². The van der Waals surface area contributed by atoms with Gasteiger partial charge in [0.25, 0.3) is 5.56 Å². The van der Waals surface area contributed by atoms with Gasteiger partial charge in [0.1, 0.15) is 0 Å². The van der Waals surface area contributed by atoms with Crippen molar-refractivity contribution in [2.75, 3.05) is 5.32 Å². The predicted octanol–water partition coefficient (Wildman–Crippen LogP) is 3.65. The number of carbonyl (C=O) groups excluding carboxylic acids is 1. The van der Waals surface area contributed by atoms with E-state index in [1.54, 1.807) is 10.6 Å². The van der Waals surface area contributed by atoms with Gasteiger partial charge in [0.2, 0.25) is 5.91 Å². The van der Waals surface area contributed by atoms with E-state index in [2.05, 4.69) is 5.32 Å². The summed E-state index contributed by atoms with van der Waals surface area (Å²) in [6.07, 6.45) is 0.251. The van der Waals surface area contributed by atoms with E-state index in [4.69, 9.17) is 0 Å². The van der Waals surface area contributed by atoms with Crippen LogP contribution in [0.5, 0.6) is 0 Å². The fourth-order valence-corrected chi connectivity index (χ4v) is 2.97. The molecule has 3 aromatic rings. The Hall–Kier alpha value is -2.88. The van der Waals surface area contributed by atoms with Crippen molar-refractivity contribution in [3.05, 3.63) is 76.1 Å². The number of hydrogen-bond donors (Lipinski definition) is 1. The summed E-state index contributed by atoms with van der Waals surface area (Å²) in [4.78, 5) is 24.6. The number of rotatable bonds is 4. The number of aryl methyl sites for hydroxylation is 3. The van der Waals surface area contributed by atoms with Crippen LogP contribution in [0.2, 0.25) is 0 Å². The van der Waals surface area contributed by atoms with Crippen LogP contribution in [0.15, 0.2) is 59.4 Å².